The van der Waals surface area contributed by atoms with Crippen molar-refractivity contribution < 1.29 is 4.42 Å². The molecule has 4 rings (SSSR count). The van der Waals surface area contributed by atoms with Gasteiger partial charge >= 0.3 is 0 Å². The Morgan fingerprint density at radius 1 is 1.31 bits per heavy atom. The molecule has 0 radical (unpaired) electrons. The number of H-pyrrole nitrogens is 1. The normalized spacial score (nSPS) is 17.0. The van der Waals surface area contributed by atoms with Crippen LogP contribution in [0.15, 0.2) is 47.1 Å². The zero-order valence-corrected chi connectivity index (χ0v) is 14.9. The maximum atomic E-state index is 9.36. The summed E-state index contributed by atoms with van der Waals surface area (Å²) in [7, 11) is 0. The van der Waals surface area contributed by atoms with E-state index < -0.39 is 0 Å². The Morgan fingerprint density at radius 3 is 3.04 bits per heavy atom. The third kappa shape index (κ3) is 2.93. The first-order valence-corrected chi connectivity index (χ1v) is 9.17. The first-order valence-electron chi connectivity index (χ1n) is 9.17. The number of fused-ring (bicyclic) bond motifs is 1. The number of hydrogen-bond donors (Lipinski definition) is 1. The summed E-state index contributed by atoms with van der Waals surface area (Å²) < 4.78 is 6.24. The summed E-state index contributed by atoms with van der Waals surface area (Å²) in [6.45, 7) is 4.23. The number of imidazole rings is 1. The van der Waals surface area contributed by atoms with Gasteiger partial charge in [-0.05, 0) is 37.2 Å². The lowest BCUT2D eigenvalue weighted by Gasteiger charge is -2.33. The van der Waals surface area contributed by atoms with Gasteiger partial charge in [-0.15, -0.1) is 0 Å². The summed E-state index contributed by atoms with van der Waals surface area (Å²) >= 11 is 0. The molecule has 0 spiro atoms. The fraction of sp³-hybridized carbons (Fsp3) is 0.333. The molecule has 0 fully saturated rings. The molecule has 1 aliphatic rings. The summed E-state index contributed by atoms with van der Waals surface area (Å²) in [5, 5.41) is 9.36. The molecule has 0 unspecified atom stereocenters. The maximum absolute atomic E-state index is 9.36. The lowest BCUT2D eigenvalue weighted by molar-refractivity contribution is 0.186. The average molecular weight is 346 g/mol. The van der Waals surface area contributed by atoms with E-state index in [1.54, 1.807) is 6.33 Å². The standard InChI is InChI=1S/C21H22N4O/c1-2-3-11-25-12-10-17-20(24-14-23-17)21(25)19-9-8-18(26-19)16-7-5-4-6-15(16)13-22/h4-9,14,21H,2-3,10-12H2,1H3,(H,23,24)/t21-/m1/s1. The molecule has 5 nitrogen and oxygen atoms in total. The van der Waals surface area contributed by atoms with Crippen LogP contribution in [-0.2, 0) is 6.42 Å². The fourth-order valence-corrected chi connectivity index (χ4v) is 3.68. The molecule has 5 heteroatoms. The number of aromatic nitrogens is 2. The van der Waals surface area contributed by atoms with E-state index in [0.717, 1.165) is 55.1 Å². The van der Waals surface area contributed by atoms with Gasteiger partial charge in [0.05, 0.1) is 23.7 Å². The molecular weight excluding hydrogens is 324 g/mol. The molecule has 26 heavy (non-hydrogen) atoms. The Bertz CT molecular complexity index is 933. The Labute approximate surface area is 153 Å². The lowest BCUT2D eigenvalue weighted by atomic mass is 10.00. The number of nitrogens with one attached hydrogen (secondary N) is 1. The van der Waals surface area contributed by atoms with Gasteiger partial charge in [0.2, 0.25) is 0 Å². The van der Waals surface area contributed by atoms with Crippen LogP contribution in [0.3, 0.4) is 0 Å². The van der Waals surface area contributed by atoms with Crippen molar-refractivity contribution in [3.05, 3.63) is 65.4 Å². The topological polar surface area (TPSA) is 68.8 Å². The van der Waals surface area contributed by atoms with Crippen molar-refractivity contribution >= 4 is 0 Å². The molecule has 1 aliphatic heterocycles. The fourth-order valence-electron chi connectivity index (χ4n) is 3.68. The molecule has 3 aromatic rings. The van der Waals surface area contributed by atoms with Crippen LogP contribution in [0.4, 0.5) is 0 Å². The van der Waals surface area contributed by atoms with Crippen LogP contribution in [0.5, 0.6) is 0 Å². The lowest BCUT2D eigenvalue weighted by Crippen LogP contribution is -2.36. The summed E-state index contributed by atoms with van der Waals surface area (Å²) in [5.41, 5.74) is 3.71. The predicted octanol–water partition coefficient (Wildman–Crippen LogP) is 4.29. The largest absolute Gasteiger partial charge is 0.459 e. The van der Waals surface area contributed by atoms with Crippen LogP contribution in [0, 0.1) is 11.3 Å². The quantitative estimate of drug-likeness (QED) is 0.748. The smallest absolute Gasteiger partial charge is 0.135 e. The van der Waals surface area contributed by atoms with E-state index in [1.807, 2.05) is 36.4 Å². The third-order valence-electron chi connectivity index (χ3n) is 5.03. The first-order chi connectivity index (χ1) is 12.8. The molecule has 0 bridgehead atoms. The molecule has 0 aliphatic carbocycles. The number of nitrogens with zero attached hydrogens (tertiary/aromatic N) is 3. The molecule has 2 aromatic heterocycles. The van der Waals surface area contributed by atoms with Crippen molar-refractivity contribution in [2.24, 2.45) is 0 Å². The van der Waals surface area contributed by atoms with Gasteiger partial charge in [0.25, 0.3) is 0 Å². The molecule has 0 saturated carbocycles. The van der Waals surface area contributed by atoms with Crippen molar-refractivity contribution in [2.75, 3.05) is 13.1 Å². The minimum absolute atomic E-state index is 0.0274. The Balaban J connectivity index is 1.72. The predicted molar refractivity (Wildman–Crippen MR) is 99.5 cm³/mol. The molecule has 0 saturated heterocycles. The third-order valence-corrected chi connectivity index (χ3v) is 5.03. The van der Waals surface area contributed by atoms with Gasteiger partial charge in [0.1, 0.15) is 17.6 Å². The number of aromatic amines is 1. The molecule has 132 valence electrons. The number of benzene rings is 1. The van der Waals surface area contributed by atoms with Crippen LogP contribution < -0.4 is 0 Å². The molecule has 3 heterocycles. The minimum Gasteiger partial charge on any atom is -0.459 e. The second kappa shape index (κ2) is 7.19. The number of unbranched alkanes of at least 4 members (excludes halogenated alkanes) is 1. The van der Waals surface area contributed by atoms with Gasteiger partial charge in [-0.1, -0.05) is 25.5 Å². The summed E-state index contributed by atoms with van der Waals surface area (Å²) in [4.78, 5) is 10.3. The number of furan rings is 1. The van der Waals surface area contributed by atoms with Gasteiger partial charge in [-0.2, -0.15) is 5.26 Å². The summed E-state index contributed by atoms with van der Waals surface area (Å²) in [5.74, 6) is 1.62. The van der Waals surface area contributed by atoms with E-state index in [0.29, 0.717) is 5.56 Å². The molecule has 1 atom stereocenters. The van der Waals surface area contributed by atoms with Crippen molar-refractivity contribution in [3.63, 3.8) is 0 Å². The monoisotopic (exact) mass is 346 g/mol. The number of nitriles is 1. The second-order valence-electron chi connectivity index (χ2n) is 6.67. The van der Waals surface area contributed by atoms with Gasteiger partial charge in [-0.25, -0.2) is 4.98 Å². The highest BCUT2D eigenvalue weighted by atomic mass is 16.3. The van der Waals surface area contributed by atoms with Crippen LogP contribution in [0.2, 0.25) is 0 Å². The minimum atomic E-state index is 0.0274. The molecule has 1 aromatic carbocycles. The van der Waals surface area contributed by atoms with Gasteiger partial charge in [0, 0.05) is 24.2 Å². The van der Waals surface area contributed by atoms with E-state index in [-0.39, 0.29) is 6.04 Å². The SMILES string of the molecule is CCCCN1CCc2[nH]cnc2[C@H]1c1ccc(-c2ccccc2C#N)o1. The number of hydrogen-bond acceptors (Lipinski definition) is 4. The average Bonchev–Trinajstić information content (AvgIpc) is 3.35. The van der Waals surface area contributed by atoms with E-state index in [2.05, 4.69) is 27.9 Å². The van der Waals surface area contributed by atoms with Gasteiger partial charge < -0.3 is 9.40 Å². The highest BCUT2D eigenvalue weighted by molar-refractivity contribution is 5.66. The molecule has 0 amide bonds. The zero-order valence-electron chi connectivity index (χ0n) is 14.9. The Kier molecular flexibility index (Phi) is 4.59. The van der Waals surface area contributed by atoms with Crippen LogP contribution in [0.25, 0.3) is 11.3 Å². The Morgan fingerprint density at radius 2 is 2.19 bits per heavy atom. The van der Waals surface area contributed by atoms with Crippen LogP contribution in [-0.4, -0.2) is 28.0 Å². The van der Waals surface area contributed by atoms with Crippen molar-refractivity contribution in [2.45, 2.75) is 32.2 Å². The summed E-state index contributed by atoms with van der Waals surface area (Å²) in [6.07, 6.45) is 5.08. The summed E-state index contributed by atoms with van der Waals surface area (Å²) in [6, 6.07) is 13.8. The van der Waals surface area contributed by atoms with Crippen molar-refractivity contribution in [3.8, 4) is 17.4 Å². The van der Waals surface area contributed by atoms with Crippen molar-refractivity contribution in [1.29, 1.82) is 5.26 Å². The first kappa shape index (κ1) is 16.6. The molecule has 1 N–H and O–H groups in total. The van der Waals surface area contributed by atoms with Crippen molar-refractivity contribution in [1.82, 2.24) is 14.9 Å². The van der Waals surface area contributed by atoms with Gasteiger partial charge in [-0.3, -0.25) is 4.90 Å². The van der Waals surface area contributed by atoms with E-state index in [9.17, 15) is 5.26 Å². The van der Waals surface area contributed by atoms with E-state index in [4.69, 9.17) is 4.42 Å². The molecular formula is C21H22N4O. The van der Waals surface area contributed by atoms with E-state index >= 15 is 0 Å². The van der Waals surface area contributed by atoms with Crippen LogP contribution >= 0.6 is 0 Å². The number of rotatable bonds is 5. The van der Waals surface area contributed by atoms with Crippen LogP contribution in [0.1, 0.15) is 48.5 Å². The van der Waals surface area contributed by atoms with Gasteiger partial charge in [0.15, 0.2) is 0 Å². The Hall–Kier alpha value is -2.84. The highest BCUT2D eigenvalue weighted by Gasteiger charge is 2.33. The van der Waals surface area contributed by atoms with E-state index in [1.165, 1.54) is 5.69 Å². The maximum Gasteiger partial charge on any atom is 0.135 e. The highest BCUT2D eigenvalue weighted by Crippen LogP contribution is 2.36. The zero-order chi connectivity index (χ0) is 17.9. The second-order valence-corrected chi connectivity index (χ2v) is 6.67.